The van der Waals surface area contributed by atoms with Crippen molar-refractivity contribution in [1.29, 1.82) is 0 Å². The van der Waals surface area contributed by atoms with Crippen LogP contribution in [-0.2, 0) is 11.2 Å². The summed E-state index contributed by atoms with van der Waals surface area (Å²) >= 11 is 0. The fraction of sp³-hybridized carbons (Fsp3) is 0.417. The van der Waals surface area contributed by atoms with Crippen LogP contribution in [0.25, 0.3) is 0 Å². The van der Waals surface area contributed by atoms with Crippen molar-refractivity contribution in [1.82, 2.24) is 5.32 Å². The van der Waals surface area contributed by atoms with Gasteiger partial charge in [0.15, 0.2) is 0 Å². The van der Waals surface area contributed by atoms with E-state index in [1.54, 1.807) is 6.92 Å². The van der Waals surface area contributed by atoms with Gasteiger partial charge in [0, 0.05) is 18.5 Å². The van der Waals surface area contributed by atoms with Crippen LogP contribution in [0.1, 0.15) is 12.5 Å². The van der Waals surface area contributed by atoms with Crippen molar-refractivity contribution in [2.75, 3.05) is 13.1 Å². The minimum Gasteiger partial charge on any atom is -0.369 e. The summed E-state index contributed by atoms with van der Waals surface area (Å²) < 4.78 is 25.7. The highest BCUT2D eigenvalue weighted by Gasteiger charge is 2.07. The van der Waals surface area contributed by atoms with E-state index in [0.717, 1.165) is 6.07 Å². The normalized spacial score (nSPS) is 12.4. The minimum absolute atomic E-state index is 0.251. The van der Waals surface area contributed by atoms with Crippen LogP contribution in [-0.4, -0.2) is 19.0 Å². The summed E-state index contributed by atoms with van der Waals surface area (Å²) in [7, 11) is 0. The van der Waals surface area contributed by atoms with Crippen LogP contribution in [0.15, 0.2) is 18.2 Å². The van der Waals surface area contributed by atoms with Crippen LogP contribution in [0.4, 0.5) is 8.78 Å². The number of carbonyl (C=O) groups is 1. The zero-order valence-corrected chi connectivity index (χ0v) is 9.67. The molecule has 0 saturated carbocycles. The molecule has 1 aromatic rings. The Morgan fingerprint density at radius 1 is 1.35 bits per heavy atom. The number of carbonyl (C=O) groups excluding carboxylic acids is 1. The summed E-state index contributed by atoms with van der Waals surface area (Å²) in [4.78, 5) is 10.7. The summed E-state index contributed by atoms with van der Waals surface area (Å²) in [5.74, 6) is -1.77. The Morgan fingerprint density at radius 3 is 2.47 bits per heavy atom. The second-order valence-electron chi connectivity index (χ2n) is 4.04. The van der Waals surface area contributed by atoms with Gasteiger partial charge in [-0.15, -0.1) is 0 Å². The van der Waals surface area contributed by atoms with Crippen LogP contribution in [0.3, 0.4) is 0 Å². The lowest BCUT2D eigenvalue weighted by atomic mass is 10.1. The van der Waals surface area contributed by atoms with Gasteiger partial charge >= 0.3 is 0 Å². The maximum atomic E-state index is 12.8. The molecule has 1 unspecified atom stereocenters. The second-order valence-corrected chi connectivity index (χ2v) is 4.04. The molecule has 0 spiro atoms. The number of hydrogen-bond donors (Lipinski definition) is 2. The molecule has 17 heavy (non-hydrogen) atoms. The van der Waals surface area contributed by atoms with Crippen LogP contribution < -0.4 is 11.1 Å². The van der Waals surface area contributed by atoms with Gasteiger partial charge in [0.2, 0.25) is 5.91 Å². The van der Waals surface area contributed by atoms with Gasteiger partial charge in [-0.05, 0) is 30.7 Å². The molecular weight excluding hydrogens is 226 g/mol. The Kier molecular flexibility index (Phi) is 5.03. The lowest BCUT2D eigenvalue weighted by molar-refractivity contribution is -0.121. The van der Waals surface area contributed by atoms with Crippen LogP contribution in [0, 0.1) is 17.6 Å². The first kappa shape index (κ1) is 13.6. The number of benzene rings is 1. The first-order chi connectivity index (χ1) is 7.99. The molecule has 0 aromatic heterocycles. The maximum Gasteiger partial charge on any atom is 0.221 e. The number of halogens is 2. The molecule has 3 N–H and O–H groups in total. The van der Waals surface area contributed by atoms with Gasteiger partial charge in [-0.1, -0.05) is 6.92 Å². The van der Waals surface area contributed by atoms with Gasteiger partial charge in [-0.3, -0.25) is 4.79 Å². The summed E-state index contributed by atoms with van der Waals surface area (Å²) in [6, 6.07) is 3.43. The van der Waals surface area contributed by atoms with E-state index in [9.17, 15) is 13.6 Å². The Bertz CT molecular complexity index is 376. The van der Waals surface area contributed by atoms with Crippen molar-refractivity contribution in [3.8, 4) is 0 Å². The zero-order chi connectivity index (χ0) is 12.8. The molecule has 0 aliphatic rings. The van der Waals surface area contributed by atoms with Gasteiger partial charge in [0.1, 0.15) is 11.6 Å². The largest absolute Gasteiger partial charge is 0.369 e. The molecule has 5 heteroatoms. The molecule has 1 rings (SSSR count). The highest BCUT2D eigenvalue weighted by molar-refractivity contribution is 5.76. The molecule has 1 atom stereocenters. The van der Waals surface area contributed by atoms with Crippen LogP contribution in [0.2, 0.25) is 0 Å². The van der Waals surface area contributed by atoms with Crippen molar-refractivity contribution >= 4 is 5.91 Å². The topological polar surface area (TPSA) is 55.1 Å². The molecule has 3 nitrogen and oxygen atoms in total. The fourth-order valence-corrected chi connectivity index (χ4v) is 1.41. The second kappa shape index (κ2) is 6.30. The molecule has 0 fully saturated rings. The highest BCUT2D eigenvalue weighted by Crippen LogP contribution is 2.08. The number of nitrogens with two attached hydrogens (primary N) is 1. The van der Waals surface area contributed by atoms with Gasteiger partial charge in [0.05, 0.1) is 0 Å². The van der Waals surface area contributed by atoms with E-state index in [0.29, 0.717) is 25.1 Å². The molecule has 0 aliphatic heterocycles. The Morgan fingerprint density at radius 2 is 1.94 bits per heavy atom. The van der Waals surface area contributed by atoms with E-state index in [4.69, 9.17) is 5.73 Å². The predicted octanol–water partition coefficient (Wildman–Crippen LogP) is 1.22. The molecule has 1 amide bonds. The number of primary amides is 1. The quantitative estimate of drug-likeness (QED) is 0.737. The first-order valence-corrected chi connectivity index (χ1v) is 5.44. The fourth-order valence-electron chi connectivity index (χ4n) is 1.41. The average molecular weight is 242 g/mol. The van der Waals surface area contributed by atoms with Gasteiger partial charge in [0.25, 0.3) is 0 Å². The lowest BCUT2D eigenvalue weighted by Crippen LogP contribution is -2.31. The molecule has 0 radical (unpaired) electrons. The average Bonchev–Trinajstić information content (AvgIpc) is 2.22. The van der Waals surface area contributed by atoms with E-state index in [-0.39, 0.29) is 11.8 Å². The highest BCUT2D eigenvalue weighted by atomic mass is 19.1. The SMILES string of the molecule is CC(CNCCc1cc(F)cc(F)c1)C(N)=O. The smallest absolute Gasteiger partial charge is 0.221 e. The molecule has 0 saturated heterocycles. The Hall–Kier alpha value is -1.49. The number of nitrogens with one attached hydrogen (secondary N) is 1. The van der Waals surface area contributed by atoms with Crippen LogP contribution in [0.5, 0.6) is 0 Å². The monoisotopic (exact) mass is 242 g/mol. The summed E-state index contributed by atoms with van der Waals surface area (Å²) in [5, 5.41) is 3.01. The van der Waals surface area contributed by atoms with E-state index in [1.807, 2.05) is 0 Å². The lowest BCUT2D eigenvalue weighted by Gasteiger charge is -2.09. The first-order valence-electron chi connectivity index (χ1n) is 5.44. The minimum atomic E-state index is -0.578. The van der Waals surface area contributed by atoms with E-state index in [1.165, 1.54) is 12.1 Å². The van der Waals surface area contributed by atoms with Gasteiger partial charge in [-0.25, -0.2) is 8.78 Å². The number of amides is 1. The summed E-state index contributed by atoms with van der Waals surface area (Å²) in [5.41, 5.74) is 5.68. The molecule has 94 valence electrons. The van der Waals surface area contributed by atoms with Crippen molar-refractivity contribution in [3.63, 3.8) is 0 Å². The standard InChI is InChI=1S/C12H16F2N2O/c1-8(12(15)17)7-16-3-2-9-4-10(13)6-11(14)5-9/h4-6,8,16H,2-3,7H2,1H3,(H2,15,17). The van der Waals surface area contributed by atoms with Crippen molar-refractivity contribution in [2.24, 2.45) is 11.7 Å². The molecule has 1 aromatic carbocycles. The van der Waals surface area contributed by atoms with Crippen molar-refractivity contribution < 1.29 is 13.6 Å². The van der Waals surface area contributed by atoms with E-state index < -0.39 is 11.6 Å². The predicted molar refractivity (Wildman–Crippen MR) is 61.3 cm³/mol. The van der Waals surface area contributed by atoms with Gasteiger partial charge in [-0.2, -0.15) is 0 Å². The summed E-state index contributed by atoms with van der Waals surface area (Å²) in [6.07, 6.45) is 0.500. The van der Waals surface area contributed by atoms with Crippen molar-refractivity contribution in [2.45, 2.75) is 13.3 Å². The van der Waals surface area contributed by atoms with E-state index in [2.05, 4.69) is 5.32 Å². The Balaban J connectivity index is 2.33. The van der Waals surface area contributed by atoms with E-state index >= 15 is 0 Å². The maximum absolute atomic E-state index is 12.8. The Labute approximate surface area is 99.0 Å². The number of hydrogen-bond acceptors (Lipinski definition) is 2. The van der Waals surface area contributed by atoms with Gasteiger partial charge < -0.3 is 11.1 Å². The molecular formula is C12H16F2N2O. The third-order valence-corrected chi connectivity index (χ3v) is 2.45. The third kappa shape index (κ3) is 4.91. The molecule has 0 aliphatic carbocycles. The third-order valence-electron chi connectivity index (χ3n) is 2.45. The molecule has 0 heterocycles. The summed E-state index contributed by atoms with van der Waals surface area (Å²) in [6.45, 7) is 2.73. The van der Waals surface area contributed by atoms with Crippen LogP contribution >= 0.6 is 0 Å². The number of rotatable bonds is 6. The zero-order valence-electron chi connectivity index (χ0n) is 9.67. The van der Waals surface area contributed by atoms with Crippen molar-refractivity contribution in [3.05, 3.63) is 35.4 Å². The molecule has 0 bridgehead atoms.